The van der Waals surface area contributed by atoms with Gasteiger partial charge in [0.05, 0.1) is 7.11 Å². The summed E-state index contributed by atoms with van der Waals surface area (Å²) in [4.78, 5) is 17.1. The molecule has 1 N–H and O–H groups in total. The standard InChI is InChI=1S/C24H27FN4O4S/c1-28-15-12-26-23(28)22(17-6-9-19(33-2)10-7-17)27-24(30)18-8-11-20(25)21(16-18)34(31,32)29-13-4-3-5-14-29/h6-12,15-16,22H,3-5,13-14H2,1-2H3,(H,27,30)/t22-/m0/s1. The molecule has 2 aromatic carbocycles. The first-order valence-electron chi connectivity index (χ1n) is 11.0. The molecule has 1 aliphatic rings. The number of rotatable bonds is 7. The number of ether oxygens (including phenoxy) is 1. The summed E-state index contributed by atoms with van der Waals surface area (Å²) in [5.74, 6) is -0.168. The molecule has 2 heterocycles. The monoisotopic (exact) mass is 486 g/mol. The van der Waals surface area contributed by atoms with Gasteiger partial charge in [-0.15, -0.1) is 0 Å². The predicted octanol–water partition coefficient (Wildman–Crippen LogP) is 3.26. The average Bonchev–Trinajstić information content (AvgIpc) is 3.28. The molecule has 0 spiro atoms. The Kier molecular flexibility index (Phi) is 6.99. The van der Waals surface area contributed by atoms with Crippen LogP contribution in [0.25, 0.3) is 0 Å². The fraction of sp³-hybridized carbons (Fsp3) is 0.333. The zero-order valence-corrected chi connectivity index (χ0v) is 19.9. The molecule has 3 aromatic rings. The maximum Gasteiger partial charge on any atom is 0.252 e. The molecule has 0 aliphatic carbocycles. The fourth-order valence-electron chi connectivity index (χ4n) is 4.05. The molecule has 1 fully saturated rings. The molecule has 0 bridgehead atoms. The quantitative estimate of drug-likeness (QED) is 0.553. The lowest BCUT2D eigenvalue weighted by atomic mass is 10.0. The maximum atomic E-state index is 14.6. The van der Waals surface area contributed by atoms with Crippen LogP contribution < -0.4 is 10.1 Å². The van der Waals surface area contributed by atoms with Crippen molar-refractivity contribution in [2.45, 2.75) is 30.2 Å². The smallest absolute Gasteiger partial charge is 0.252 e. The molecule has 1 saturated heterocycles. The number of hydrogen-bond donors (Lipinski definition) is 1. The number of amides is 1. The Morgan fingerprint density at radius 3 is 2.44 bits per heavy atom. The van der Waals surface area contributed by atoms with Gasteiger partial charge in [-0.3, -0.25) is 4.79 Å². The number of nitrogens with one attached hydrogen (secondary N) is 1. The molecule has 180 valence electrons. The highest BCUT2D eigenvalue weighted by Crippen LogP contribution is 2.26. The normalized spacial score (nSPS) is 15.6. The van der Waals surface area contributed by atoms with E-state index in [1.54, 1.807) is 36.2 Å². The van der Waals surface area contributed by atoms with E-state index in [4.69, 9.17) is 4.74 Å². The van der Waals surface area contributed by atoms with Crippen LogP contribution in [0.2, 0.25) is 0 Å². The van der Waals surface area contributed by atoms with Gasteiger partial charge in [0.25, 0.3) is 5.91 Å². The molecule has 1 aliphatic heterocycles. The van der Waals surface area contributed by atoms with Crippen LogP contribution in [0, 0.1) is 5.82 Å². The number of methoxy groups -OCH3 is 1. The highest BCUT2D eigenvalue weighted by atomic mass is 32.2. The molecule has 1 amide bonds. The number of benzene rings is 2. The summed E-state index contributed by atoms with van der Waals surface area (Å²) in [6, 6.07) is 9.98. The predicted molar refractivity (Wildman–Crippen MR) is 125 cm³/mol. The Balaban J connectivity index is 1.65. The van der Waals surface area contributed by atoms with E-state index in [0.717, 1.165) is 37.0 Å². The summed E-state index contributed by atoms with van der Waals surface area (Å²) >= 11 is 0. The SMILES string of the molecule is COc1ccc([C@H](NC(=O)c2ccc(F)c(S(=O)(=O)N3CCCCC3)c2)c2nccn2C)cc1. The minimum Gasteiger partial charge on any atom is -0.497 e. The Morgan fingerprint density at radius 1 is 1.12 bits per heavy atom. The molecule has 0 radical (unpaired) electrons. The van der Waals surface area contributed by atoms with Gasteiger partial charge in [0, 0.05) is 38.1 Å². The number of sulfonamides is 1. The van der Waals surface area contributed by atoms with Crippen LogP contribution in [0.4, 0.5) is 4.39 Å². The molecular weight excluding hydrogens is 459 g/mol. The summed E-state index contributed by atoms with van der Waals surface area (Å²) in [5, 5.41) is 2.91. The Bertz CT molecular complexity index is 1270. The topological polar surface area (TPSA) is 93.5 Å². The van der Waals surface area contributed by atoms with Crippen LogP contribution in [-0.2, 0) is 17.1 Å². The molecule has 1 atom stereocenters. The van der Waals surface area contributed by atoms with Gasteiger partial charge in [-0.05, 0) is 48.7 Å². The number of nitrogens with zero attached hydrogens (tertiary/aromatic N) is 3. The van der Waals surface area contributed by atoms with Gasteiger partial charge in [0.15, 0.2) is 0 Å². The van der Waals surface area contributed by atoms with Crippen molar-refractivity contribution in [1.82, 2.24) is 19.2 Å². The van der Waals surface area contributed by atoms with Crippen LogP contribution in [0.5, 0.6) is 5.75 Å². The second-order valence-corrected chi connectivity index (χ2v) is 10.1. The van der Waals surface area contributed by atoms with Gasteiger partial charge in [0.1, 0.15) is 28.3 Å². The van der Waals surface area contributed by atoms with Gasteiger partial charge in [0.2, 0.25) is 10.0 Å². The lowest BCUT2D eigenvalue weighted by Crippen LogP contribution is -2.36. The van der Waals surface area contributed by atoms with Crippen LogP contribution in [0.3, 0.4) is 0 Å². The lowest BCUT2D eigenvalue weighted by molar-refractivity contribution is 0.0941. The molecule has 1 aromatic heterocycles. The number of piperidine rings is 1. The van der Waals surface area contributed by atoms with Crippen molar-refractivity contribution in [1.29, 1.82) is 0 Å². The number of halogens is 1. The Morgan fingerprint density at radius 2 is 1.82 bits per heavy atom. The summed E-state index contributed by atoms with van der Waals surface area (Å²) in [7, 11) is -0.661. The van der Waals surface area contributed by atoms with Gasteiger partial charge < -0.3 is 14.6 Å². The van der Waals surface area contributed by atoms with Crippen molar-refractivity contribution in [3.63, 3.8) is 0 Å². The maximum absolute atomic E-state index is 14.6. The molecule has 8 nitrogen and oxygen atoms in total. The van der Waals surface area contributed by atoms with Crippen LogP contribution in [0.1, 0.15) is 47.1 Å². The highest BCUT2D eigenvalue weighted by Gasteiger charge is 2.30. The number of imidazole rings is 1. The van der Waals surface area contributed by atoms with Gasteiger partial charge in [-0.25, -0.2) is 17.8 Å². The molecular formula is C24H27FN4O4S. The molecule has 10 heteroatoms. The summed E-state index contributed by atoms with van der Waals surface area (Å²) in [5.41, 5.74) is 0.802. The second-order valence-electron chi connectivity index (χ2n) is 8.19. The second kappa shape index (κ2) is 9.94. The summed E-state index contributed by atoms with van der Waals surface area (Å²) in [6.07, 6.45) is 5.79. The van der Waals surface area contributed by atoms with E-state index in [0.29, 0.717) is 24.7 Å². The van der Waals surface area contributed by atoms with Gasteiger partial charge >= 0.3 is 0 Å². The molecule has 0 saturated carbocycles. The highest BCUT2D eigenvalue weighted by molar-refractivity contribution is 7.89. The fourth-order valence-corrected chi connectivity index (χ4v) is 5.66. The lowest BCUT2D eigenvalue weighted by Gasteiger charge is -2.26. The third-order valence-electron chi connectivity index (χ3n) is 5.97. The molecule has 4 rings (SSSR count). The van der Waals surface area contributed by atoms with Crippen molar-refractivity contribution >= 4 is 15.9 Å². The van der Waals surface area contributed by atoms with E-state index in [9.17, 15) is 17.6 Å². The number of carbonyl (C=O) groups is 1. The first kappa shape index (κ1) is 23.9. The number of carbonyl (C=O) groups excluding carboxylic acids is 1. The average molecular weight is 487 g/mol. The largest absolute Gasteiger partial charge is 0.497 e. The Hall–Kier alpha value is -3.24. The van der Waals surface area contributed by atoms with Crippen LogP contribution in [-0.4, -0.2) is 48.4 Å². The van der Waals surface area contributed by atoms with Crippen molar-refractivity contribution in [2.75, 3.05) is 20.2 Å². The van der Waals surface area contributed by atoms with Crippen molar-refractivity contribution < 1.29 is 22.3 Å². The number of aromatic nitrogens is 2. The molecule has 34 heavy (non-hydrogen) atoms. The third-order valence-corrected chi connectivity index (χ3v) is 7.88. The number of hydrogen-bond acceptors (Lipinski definition) is 5. The van der Waals surface area contributed by atoms with E-state index < -0.39 is 32.7 Å². The van der Waals surface area contributed by atoms with Gasteiger partial charge in [-0.1, -0.05) is 18.6 Å². The minimum atomic E-state index is -4.04. The van der Waals surface area contributed by atoms with Crippen molar-refractivity contribution in [2.24, 2.45) is 7.05 Å². The van der Waals surface area contributed by atoms with E-state index >= 15 is 0 Å². The van der Waals surface area contributed by atoms with Crippen molar-refractivity contribution in [3.05, 3.63) is 77.6 Å². The van der Waals surface area contributed by atoms with Gasteiger partial charge in [-0.2, -0.15) is 4.31 Å². The number of aryl methyl sites for hydroxylation is 1. The summed E-state index contributed by atoms with van der Waals surface area (Å²) in [6.45, 7) is 0.688. The first-order chi connectivity index (χ1) is 16.3. The molecule has 0 unspecified atom stereocenters. The van der Waals surface area contributed by atoms with Crippen molar-refractivity contribution in [3.8, 4) is 5.75 Å². The van der Waals surface area contributed by atoms with E-state index in [-0.39, 0.29) is 5.56 Å². The van der Waals surface area contributed by atoms with E-state index in [2.05, 4.69) is 10.3 Å². The van der Waals surface area contributed by atoms with E-state index in [1.165, 1.54) is 10.4 Å². The van der Waals surface area contributed by atoms with Crippen LogP contribution in [0.15, 0.2) is 59.8 Å². The first-order valence-corrected chi connectivity index (χ1v) is 12.5. The van der Waals surface area contributed by atoms with Crippen LogP contribution >= 0.6 is 0 Å². The zero-order valence-electron chi connectivity index (χ0n) is 19.1. The minimum absolute atomic E-state index is 0.0460. The van der Waals surface area contributed by atoms with E-state index in [1.807, 2.05) is 19.2 Å². The zero-order chi connectivity index (χ0) is 24.3. The third kappa shape index (κ3) is 4.83. The Labute approximate surface area is 198 Å². The summed E-state index contributed by atoms with van der Waals surface area (Å²) < 4.78 is 49.0.